The summed E-state index contributed by atoms with van der Waals surface area (Å²) in [5.74, 6) is 1.58. The summed E-state index contributed by atoms with van der Waals surface area (Å²) >= 11 is 0. The molecule has 0 radical (unpaired) electrons. The maximum atomic E-state index is 13.1. The summed E-state index contributed by atoms with van der Waals surface area (Å²) in [5, 5.41) is 9.68. The highest BCUT2D eigenvalue weighted by Crippen LogP contribution is 2.31. The molecule has 1 aliphatic heterocycles. The van der Waals surface area contributed by atoms with Gasteiger partial charge in [0.15, 0.2) is 11.5 Å². The molecular weight excluding hydrogens is 440 g/mol. The van der Waals surface area contributed by atoms with E-state index in [-0.39, 0.29) is 11.5 Å². The molecule has 1 amide bonds. The van der Waals surface area contributed by atoms with Gasteiger partial charge >= 0.3 is 0 Å². The number of nitriles is 1. The summed E-state index contributed by atoms with van der Waals surface area (Å²) in [6.07, 6.45) is 2.37. The predicted octanol–water partition coefficient (Wildman–Crippen LogP) is 5.27. The largest absolute Gasteiger partial charge is 0.493 e. The number of hydrogen-bond donors (Lipinski definition) is 0. The molecule has 3 aromatic rings. The van der Waals surface area contributed by atoms with Gasteiger partial charge in [0.25, 0.3) is 5.91 Å². The summed E-state index contributed by atoms with van der Waals surface area (Å²) in [6, 6.07) is 21.2. The number of para-hydroxylation sites is 1. The average molecular weight is 469 g/mol. The molecule has 4 rings (SSSR count). The van der Waals surface area contributed by atoms with E-state index in [1.165, 1.54) is 0 Å². The Morgan fingerprint density at radius 3 is 2.49 bits per heavy atom. The fourth-order valence-corrected chi connectivity index (χ4v) is 4.22. The zero-order chi connectivity index (χ0) is 24.8. The minimum atomic E-state index is -0.305. The van der Waals surface area contributed by atoms with Crippen molar-refractivity contribution in [2.24, 2.45) is 0 Å². The molecule has 0 bridgehead atoms. The van der Waals surface area contributed by atoms with Gasteiger partial charge in [-0.2, -0.15) is 5.26 Å². The number of rotatable bonds is 8. The molecule has 0 N–H and O–H groups in total. The minimum absolute atomic E-state index is 0.0688. The van der Waals surface area contributed by atoms with E-state index in [0.29, 0.717) is 36.8 Å². The van der Waals surface area contributed by atoms with Crippen molar-refractivity contribution < 1.29 is 19.0 Å². The maximum Gasteiger partial charge on any atom is 0.268 e. The van der Waals surface area contributed by atoms with Gasteiger partial charge in [-0.15, -0.1) is 0 Å². The van der Waals surface area contributed by atoms with Crippen LogP contribution in [-0.4, -0.2) is 32.8 Å². The molecule has 0 spiro atoms. The number of methoxy groups -OCH3 is 1. The van der Waals surface area contributed by atoms with E-state index in [9.17, 15) is 10.1 Å². The van der Waals surface area contributed by atoms with Crippen LogP contribution in [0.25, 0.3) is 6.08 Å². The van der Waals surface area contributed by atoms with Crippen LogP contribution in [0.2, 0.25) is 0 Å². The third-order valence-corrected chi connectivity index (χ3v) is 5.79. The zero-order valence-corrected chi connectivity index (χ0v) is 20.2. The number of aryl methyl sites for hydroxylation is 2. The van der Waals surface area contributed by atoms with E-state index >= 15 is 0 Å². The molecule has 6 heteroatoms. The lowest BCUT2D eigenvalue weighted by Gasteiger charge is -2.16. The first-order valence-electron chi connectivity index (χ1n) is 11.5. The normalized spacial score (nSPS) is 12.6. The lowest BCUT2D eigenvalue weighted by atomic mass is 10.1. The topological polar surface area (TPSA) is 71.8 Å². The second kappa shape index (κ2) is 10.8. The van der Waals surface area contributed by atoms with Crippen LogP contribution in [0.1, 0.15) is 22.3 Å². The van der Waals surface area contributed by atoms with Crippen molar-refractivity contribution in [2.45, 2.75) is 20.3 Å². The standard InChI is InChI=1S/C29H28N2O4/c1-20-14-21(2)16-25(15-20)34-12-13-35-27-9-8-22(18-28(27)33-3)17-24(19-30)29(32)31-11-10-23-6-4-5-7-26(23)31/h4-9,14-18H,10-13H2,1-3H3. The molecule has 35 heavy (non-hydrogen) atoms. The number of carbonyl (C=O) groups excluding carboxylic acids is 1. The highest BCUT2D eigenvalue weighted by Gasteiger charge is 2.26. The lowest BCUT2D eigenvalue weighted by Crippen LogP contribution is -2.29. The number of hydrogen-bond acceptors (Lipinski definition) is 5. The Bertz CT molecular complexity index is 1290. The first-order chi connectivity index (χ1) is 17.0. The quantitative estimate of drug-likeness (QED) is 0.256. The van der Waals surface area contributed by atoms with Gasteiger partial charge in [0.05, 0.1) is 7.11 Å². The van der Waals surface area contributed by atoms with E-state index < -0.39 is 0 Å². The lowest BCUT2D eigenvalue weighted by molar-refractivity contribution is -0.114. The van der Waals surface area contributed by atoms with Crippen molar-refractivity contribution in [3.63, 3.8) is 0 Å². The molecule has 1 aliphatic rings. The number of fused-ring (bicyclic) bond motifs is 1. The van der Waals surface area contributed by atoms with Crippen molar-refractivity contribution >= 4 is 17.7 Å². The van der Waals surface area contributed by atoms with E-state index in [2.05, 4.69) is 12.1 Å². The molecule has 6 nitrogen and oxygen atoms in total. The van der Waals surface area contributed by atoms with Gasteiger partial charge in [0.2, 0.25) is 0 Å². The molecule has 0 fully saturated rings. The van der Waals surface area contributed by atoms with Crippen LogP contribution in [0.5, 0.6) is 17.2 Å². The first kappa shape index (κ1) is 23.9. The summed E-state index contributed by atoms with van der Waals surface area (Å²) in [6.45, 7) is 5.36. The number of amides is 1. The van der Waals surface area contributed by atoms with E-state index in [1.807, 2.05) is 50.2 Å². The van der Waals surface area contributed by atoms with Gasteiger partial charge in [-0.05, 0) is 78.9 Å². The summed E-state index contributed by atoms with van der Waals surface area (Å²) in [5.41, 5.74) is 5.02. The molecule has 0 aliphatic carbocycles. The summed E-state index contributed by atoms with van der Waals surface area (Å²) in [4.78, 5) is 14.7. The monoisotopic (exact) mass is 468 g/mol. The number of carbonyl (C=O) groups is 1. The second-order valence-corrected chi connectivity index (χ2v) is 8.44. The molecule has 0 unspecified atom stereocenters. The van der Waals surface area contributed by atoms with Gasteiger partial charge in [-0.1, -0.05) is 30.3 Å². The SMILES string of the molecule is COc1cc(C=C(C#N)C(=O)N2CCc3ccccc32)ccc1OCCOc1cc(C)cc(C)c1. The summed E-state index contributed by atoms with van der Waals surface area (Å²) in [7, 11) is 1.55. The second-order valence-electron chi connectivity index (χ2n) is 8.44. The average Bonchev–Trinajstić information content (AvgIpc) is 3.29. The Labute approximate surface area is 206 Å². The van der Waals surface area contributed by atoms with Crippen molar-refractivity contribution in [2.75, 3.05) is 31.8 Å². The predicted molar refractivity (Wildman–Crippen MR) is 136 cm³/mol. The highest BCUT2D eigenvalue weighted by atomic mass is 16.5. The Balaban J connectivity index is 1.42. The summed E-state index contributed by atoms with van der Waals surface area (Å²) < 4.78 is 17.1. The van der Waals surface area contributed by atoms with Gasteiger partial charge < -0.3 is 19.1 Å². The van der Waals surface area contributed by atoms with E-state index in [1.54, 1.807) is 36.3 Å². The van der Waals surface area contributed by atoms with Crippen LogP contribution in [-0.2, 0) is 11.2 Å². The number of nitrogens with zero attached hydrogens (tertiary/aromatic N) is 2. The number of benzene rings is 3. The minimum Gasteiger partial charge on any atom is -0.493 e. The number of anilines is 1. The Morgan fingerprint density at radius 1 is 1.00 bits per heavy atom. The molecule has 178 valence electrons. The van der Waals surface area contributed by atoms with Gasteiger partial charge in [-0.25, -0.2) is 0 Å². The Morgan fingerprint density at radius 2 is 1.74 bits per heavy atom. The van der Waals surface area contributed by atoms with Gasteiger partial charge in [0.1, 0.15) is 30.6 Å². The third-order valence-electron chi connectivity index (χ3n) is 5.79. The molecule has 0 saturated heterocycles. The van der Waals surface area contributed by atoms with Crippen molar-refractivity contribution in [3.05, 3.63) is 88.5 Å². The van der Waals surface area contributed by atoms with E-state index in [0.717, 1.165) is 34.5 Å². The van der Waals surface area contributed by atoms with E-state index in [4.69, 9.17) is 14.2 Å². The Hall–Kier alpha value is -4.24. The fourth-order valence-electron chi connectivity index (χ4n) is 4.22. The molecule has 0 aromatic heterocycles. The molecule has 3 aromatic carbocycles. The van der Waals surface area contributed by atoms with Gasteiger partial charge in [0, 0.05) is 12.2 Å². The van der Waals surface area contributed by atoms with Crippen LogP contribution in [0.15, 0.2) is 66.2 Å². The Kier molecular flexibility index (Phi) is 7.37. The van der Waals surface area contributed by atoms with Crippen LogP contribution >= 0.6 is 0 Å². The van der Waals surface area contributed by atoms with Crippen LogP contribution < -0.4 is 19.1 Å². The maximum absolute atomic E-state index is 13.1. The molecule has 0 saturated carbocycles. The molecular formula is C29H28N2O4. The first-order valence-corrected chi connectivity index (χ1v) is 11.5. The van der Waals surface area contributed by atoms with Crippen LogP contribution in [0, 0.1) is 25.2 Å². The highest BCUT2D eigenvalue weighted by molar-refractivity contribution is 6.12. The van der Waals surface area contributed by atoms with Crippen LogP contribution in [0.4, 0.5) is 5.69 Å². The van der Waals surface area contributed by atoms with Crippen molar-refractivity contribution in [1.29, 1.82) is 5.26 Å². The zero-order valence-electron chi connectivity index (χ0n) is 20.2. The third kappa shape index (κ3) is 5.64. The smallest absolute Gasteiger partial charge is 0.268 e. The van der Waals surface area contributed by atoms with Crippen molar-refractivity contribution in [3.8, 4) is 23.3 Å². The van der Waals surface area contributed by atoms with Crippen LogP contribution in [0.3, 0.4) is 0 Å². The number of ether oxygens (including phenoxy) is 3. The van der Waals surface area contributed by atoms with Crippen molar-refractivity contribution in [1.82, 2.24) is 0 Å². The fraction of sp³-hybridized carbons (Fsp3) is 0.241. The van der Waals surface area contributed by atoms with Gasteiger partial charge in [-0.3, -0.25) is 4.79 Å². The molecule has 1 heterocycles. The molecule has 0 atom stereocenters.